The van der Waals surface area contributed by atoms with E-state index in [4.69, 9.17) is 15.2 Å². The Labute approximate surface area is 136 Å². The van der Waals surface area contributed by atoms with Gasteiger partial charge in [-0.1, -0.05) is 18.2 Å². The van der Waals surface area contributed by atoms with Crippen molar-refractivity contribution < 1.29 is 19.1 Å². The fourth-order valence-corrected chi connectivity index (χ4v) is 2.45. The summed E-state index contributed by atoms with van der Waals surface area (Å²) in [5, 5.41) is 0. The van der Waals surface area contributed by atoms with E-state index in [0.29, 0.717) is 25.1 Å². The monoisotopic (exact) mass is 320 g/mol. The summed E-state index contributed by atoms with van der Waals surface area (Å²) in [5.41, 5.74) is 5.47. The van der Waals surface area contributed by atoms with Crippen molar-refractivity contribution in [3.63, 3.8) is 0 Å². The third-order valence-corrected chi connectivity index (χ3v) is 3.57. The number of para-hydroxylation sites is 1. The van der Waals surface area contributed by atoms with Gasteiger partial charge in [-0.2, -0.15) is 0 Å². The lowest BCUT2D eigenvalue weighted by Crippen LogP contribution is -2.53. The van der Waals surface area contributed by atoms with E-state index in [-0.39, 0.29) is 11.9 Å². The van der Waals surface area contributed by atoms with Crippen LogP contribution in [0.4, 0.5) is 4.79 Å². The molecule has 0 aromatic heterocycles. The molecule has 1 saturated heterocycles. The summed E-state index contributed by atoms with van der Waals surface area (Å²) < 4.78 is 10.7. The van der Waals surface area contributed by atoms with Gasteiger partial charge < -0.3 is 15.2 Å². The minimum Gasteiger partial charge on any atom is -0.444 e. The van der Waals surface area contributed by atoms with Crippen molar-refractivity contribution in [2.24, 2.45) is 11.7 Å². The zero-order valence-corrected chi connectivity index (χ0v) is 13.8. The van der Waals surface area contributed by atoms with E-state index in [1.165, 1.54) is 4.90 Å². The molecule has 1 aromatic carbocycles. The fourth-order valence-electron chi connectivity index (χ4n) is 2.45. The molecule has 6 nitrogen and oxygen atoms in total. The number of rotatable bonds is 2. The van der Waals surface area contributed by atoms with Crippen LogP contribution in [-0.2, 0) is 9.53 Å². The van der Waals surface area contributed by atoms with E-state index in [9.17, 15) is 9.59 Å². The Balaban J connectivity index is 1.90. The quantitative estimate of drug-likeness (QED) is 0.669. The van der Waals surface area contributed by atoms with Gasteiger partial charge in [0.1, 0.15) is 11.4 Å². The second-order valence-electron chi connectivity index (χ2n) is 6.70. The maximum atomic E-state index is 12.2. The lowest BCUT2D eigenvalue weighted by molar-refractivity contribution is -0.141. The highest BCUT2D eigenvalue weighted by atomic mass is 16.6. The summed E-state index contributed by atoms with van der Waals surface area (Å²) >= 11 is 0. The molecule has 1 amide bonds. The van der Waals surface area contributed by atoms with E-state index in [1.807, 2.05) is 6.07 Å². The fraction of sp³-hybridized carbons (Fsp3) is 0.529. The smallest absolute Gasteiger partial charge is 0.411 e. The van der Waals surface area contributed by atoms with Crippen molar-refractivity contribution in [2.75, 3.05) is 6.54 Å². The van der Waals surface area contributed by atoms with Crippen LogP contribution in [-0.4, -0.2) is 35.3 Å². The lowest BCUT2D eigenvalue weighted by Gasteiger charge is -2.37. The van der Waals surface area contributed by atoms with Crippen molar-refractivity contribution in [1.82, 2.24) is 4.90 Å². The van der Waals surface area contributed by atoms with Gasteiger partial charge in [0.15, 0.2) is 0 Å². The second kappa shape index (κ2) is 7.00. The van der Waals surface area contributed by atoms with Crippen LogP contribution in [0, 0.1) is 5.92 Å². The molecule has 0 bridgehead atoms. The number of ether oxygens (including phenoxy) is 2. The normalized spacial score (nSPS) is 21.7. The molecule has 0 radical (unpaired) electrons. The molecular weight excluding hydrogens is 296 g/mol. The Kier molecular flexibility index (Phi) is 5.26. The summed E-state index contributed by atoms with van der Waals surface area (Å²) in [6.07, 6.45) is -0.115. The van der Waals surface area contributed by atoms with E-state index in [1.54, 1.807) is 45.0 Å². The average molecular weight is 320 g/mol. The number of esters is 1. The van der Waals surface area contributed by atoms with E-state index < -0.39 is 17.9 Å². The first kappa shape index (κ1) is 17.3. The van der Waals surface area contributed by atoms with Crippen LogP contribution < -0.4 is 10.5 Å². The number of carbonyl (C=O) groups is 2. The van der Waals surface area contributed by atoms with Crippen molar-refractivity contribution in [3.05, 3.63) is 30.3 Å². The molecular formula is C17H24N2O4. The predicted octanol–water partition coefficient (Wildman–Crippen LogP) is 2.52. The highest BCUT2D eigenvalue weighted by Gasteiger charge is 2.35. The predicted molar refractivity (Wildman–Crippen MR) is 85.7 cm³/mol. The number of piperidine rings is 1. The van der Waals surface area contributed by atoms with Gasteiger partial charge in [0.2, 0.25) is 0 Å². The SMILES string of the molecule is CC(C)(C)OC(=O)N1CCC(C(=O)Oc2ccccc2)CC1N. The molecule has 2 rings (SSSR count). The van der Waals surface area contributed by atoms with Crippen LogP contribution >= 0.6 is 0 Å². The highest BCUT2D eigenvalue weighted by molar-refractivity contribution is 5.76. The number of nitrogens with zero attached hydrogens (tertiary/aromatic N) is 1. The molecule has 1 aliphatic rings. The van der Waals surface area contributed by atoms with Crippen LogP contribution in [0.1, 0.15) is 33.6 Å². The summed E-state index contributed by atoms with van der Waals surface area (Å²) in [6, 6.07) is 8.92. The molecule has 1 fully saturated rings. The van der Waals surface area contributed by atoms with Crippen LogP contribution in [0.15, 0.2) is 30.3 Å². The van der Waals surface area contributed by atoms with Gasteiger partial charge in [-0.3, -0.25) is 9.69 Å². The minimum absolute atomic E-state index is 0.310. The van der Waals surface area contributed by atoms with Crippen LogP contribution in [0.3, 0.4) is 0 Å². The summed E-state index contributed by atoms with van der Waals surface area (Å²) in [7, 11) is 0. The van der Waals surface area contributed by atoms with Gasteiger partial charge in [0, 0.05) is 6.54 Å². The summed E-state index contributed by atoms with van der Waals surface area (Å²) in [5.74, 6) is -0.111. The van der Waals surface area contributed by atoms with E-state index in [0.717, 1.165) is 0 Å². The van der Waals surface area contributed by atoms with Gasteiger partial charge >= 0.3 is 12.1 Å². The van der Waals surface area contributed by atoms with E-state index in [2.05, 4.69) is 0 Å². The number of carbonyl (C=O) groups excluding carboxylic acids is 2. The average Bonchev–Trinajstić information content (AvgIpc) is 2.46. The lowest BCUT2D eigenvalue weighted by atomic mass is 9.95. The first-order valence-electron chi connectivity index (χ1n) is 7.78. The number of benzene rings is 1. The molecule has 0 saturated carbocycles. The van der Waals surface area contributed by atoms with Crippen molar-refractivity contribution >= 4 is 12.1 Å². The third-order valence-electron chi connectivity index (χ3n) is 3.57. The van der Waals surface area contributed by atoms with E-state index >= 15 is 0 Å². The third kappa shape index (κ3) is 4.96. The second-order valence-corrected chi connectivity index (χ2v) is 6.70. The van der Waals surface area contributed by atoms with Gasteiger partial charge in [-0.15, -0.1) is 0 Å². The molecule has 6 heteroatoms. The van der Waals surface area contributed by atoms with Crippen LogP contribution in [0.5, 0.6) is 5.75 Å². The van der Waals surface area contributed by atoms with Gasteiger partial charge in [-0.25, -0.2) is 4.79 Å². The Morgan fingerprint density at radius 1 is 1.22 bits per heavy atom. The number of amides is 1. The maximum Gasteiger partial charge on any atom is 0.411 e. The molecule has 2 N–H and O–H groups in total. The molecule has 2 atom stereocenters. The molecule has 2 unspecified atom stereocenters. The zero-order chi connectivity index (χ0) is 17.0. The molecule has 1 aromatic rings. The molecule has 126 valence electrons. The van der Waals surface area contributed by atoms with Gasteiger partial charge in [0.25, 0.3) is 0 Å². The largest absolute Gasteiger partial charge is 0.444 e. The maximum absolute atomic E-state index is 12.2. The van der Waals surface area contributed by atoms with Crippen LogP contribution in [0.25, 0.3) is 0 Å². The van der Waals surface area contributed by atoms with Crippen molar-refractivity contribution in [3.8, 4) is 5.75 Å². The number of likely N-dealkylation sites (tertiary alicyclic amines) is 1. The Bertz CT molecular complexity index is 553. The molecule has 1 heterocycles. The molecule has 23 heavy (non-hydrogen) atoms. The first-order valence-corrected chi connectivity index (χ1v) is 7.78. The zero-order valence-electron chi connectivity index (χ0n) is 13.8. The minimum atomic E-state index is -0.570. The number of hydrogen-bond acceptors (Lipinski definition) is 5. The highest BCUT2D eigenvalue weighted by Crippen LogP contribution is 2.24. The van der Waals surface area contributed by atoms with Crippen molar-refractivity contribution in [1.29, 1.82) is 0 Å². The van der Waals surface area contributed by atoms with Gasteiger partial charge in [-0.05, 0) is 45.7 Å². The topological polar surface area (TPSA) is 81.9 Å². The Hall–Kier alpha value is -2.08. The molecule has 0 aliphatic carbocycles. The Morgan fingerprint density at radius 3 is 2.43 bits per heavy atom. The first-order chi connectivity index (χ1) is 10.8. The standard InChI is InChI=1S/C17H24N2O4/c1-17(2,3)23-16(21)19-10-9-12(11-14(19)18)15(20)22-13-7-5-4-6-8-13/h4-8,12,14H,9-11,18H2,1-3H3. The molecule has 0 spiro atoms. The summed E-state index contributed by atoms with van der Waals surface area (Å²) in [6.45, 7) is 5.80. The van der Waals surface area contributed by atoms with Crippen molar-refractivity contribution in [2.45, 2.75) is 45.4 Å². The Morgan fingerprint density at radius 2 is 1.87 bits per heavy atom. The van der Waals surface area contributed by atoms with Crippen LogP contribution in [0.2, 0.25) is 0 Å². The number of hydrogen-bond donors (Lipinski definition) is 1. The van der Waals surface area contributed by atoms with Gasteiger partial charge in [0.05, 0.1) is 12.1 Å². The molecule has 1 aliphatic heterocycles. The number of nitrogens with two attached hydrogens (primary N) is 1. The summed E-state index contributed by atoms with van der Waals surface area (Å²) in [4.78, 5) is 25.8.